The highest BCUT2D eigenvalue weighted by molar-refractivity contribution is 5.94. The van der Waals surface area contributed by atoms with Crippen molar-refractivity contribution in [2.75, 3.05) is 49.1 Å². The molecule has 0 radical (unpaired) electrons. The number of aryl methyl sites for hydroxylation is 2. The molecule has 0 aliphatic carbocycles. The molecular formula is C24H29N7O. The minimum absolute atomic E-state index is 0.0183. The molecule has 0 unspecified atom stereocenters. The number of benzene rings is 1. The zero-order valence-electron chi connectivity index (χ0n) is 18.7. The first-order chi connectivity index (χ1) is 15.6. The molecule has 166 valence electrons. The standard InChI is InChI=1S/C24H29N7O/c1-18-16-22(29-10-6-7-11-29)26-24(25-18)31-14-12-30(13-15-31)23(32)21-17-20(27-28(21)2)19-8-4-3-5-9-19/h3-5,8-9,16-17H,6-7,10-15H2,1-2H3. The summed E-state index contributed by atoms with van der Waals surface area (Å²) < 4.78 is 1.68. The molecule has 2 aliphatic rings. The number of nitrogens with zero attached hydrogens (tertiary/aromatic N) is 7. The fourth-order valence-corrected chi connectivity index (χ4v) is 4.48. The first-order valence-corrected chi connectivity index (χ1v) is 11.3. The van der Waals surface area contributed by atoms with Crippen LogP contribution in [0.5, 0.6) is 0 Å². The summed E-state index contributed by atoms with van der Waals surface area (Å²) >= 11 is 0. The van der Waals surface area contributed by atoms with Crippen molar-refractivity contribution in [3.63, 3.8) is 0 Å². The van der Waals surface area contributed by atoms with Gasteiger partial charge in [0.05, 0.1) is 5.69 Å². The molecule has 2 aliphatic heterocycles. The highest BCUT2D eigenvalue weighted by Gasteiger charge is 2.26. The third-order valence-corrected chi connectivity index (χ3v) is 6.28. The summed E-state index contributed by atoms with van der Waals surface area (Å²) in [6.45, 7) is 6.87. The summed E-state index contributed by atoms with van der Waals surface area (Å²) in [7, 11) is 1.83. The first-order valence-electron chi connectivity index (χ1n) is 11.3. The maximum Gasteiger partial charge on any atom is 0.272 e. The average Bonchev–Trinajstić information content (AvgIpc) is 3.49. The van der Waals surface area contributed by atoms with Gasteiger partial charge in [-0.25, -0.2) is 4.98 Å². The molecule has 2 saturated heterocycles. The van der Waals surface area contributed by atoms with E-state index in [2.05, 4.69) is 25.9 Å². The molecule has 0 N–H and O–H groups in total. The van der Waals surface area contributed by atoms with E-state index in [1.165, 1.54) is 12.8 Å². The van der Waals surface area contributed by atoms with Gasteiger partial charge in [0.25, 0.3) is 5.91 Å². The van der Waals surface area contributed by atoms with E-state index in [-0.39, 0.29) is 5.91 Å². The Morgan fingerprint density at radius 2 is 1.59 bits per heavy atom. The van der Waals surface area contributed by atoms with Crippen LogP contribution in [0.15, 0.2) is 42.5 Å². The largest absolute Gasteiger partial charge is 0.356 e. The second-order valence-corrected chi connectivity index (χ2v) is 8.55. The van der Waals surface area contributed by atoms with E-state index in [1.54, 1.807) is 4.68 Å². The maximum atomic E-state index is 13.2. The van der Waals surface area contributed by atoms with Crippen molar-refractivity contribution < 1.29 is 4.79 Å². The summed E-state index contributed by atoms with van der Waals surface area (Å²) in [5.74, 6) is 1.81. The minimum atomic E-state index is 0.0183. The van der Waals surface area contributed by atoms with Crippen LogP contribution >= 0.6 is 0 Å². The topological polar surface area (TPSA) is 70.4 Å². The van der Waals surface area contributed by atoms with E-state index < -0.39 is 0 Å². The molecule has 8 nitrogen and oxygen atoms in total. The Labute approximate surface area is 188 Å². The Kier molecular flexibility index (Phi) is 5.51. The number of amides is 1. The number of carbonyl (C=O) groups is 1. The minimum Gasteiger partial charge on any atom is -0.356 e. The Morgan fingerprint density at radius 3 is 2.31 bits per heavy atom. The number of rotatable bonds is 4. The van der Waals surface area contributed by atoms with E-state index in [9.17, 15) is 4.79 Å². The summed E-state index contributed by atoms with van der Waals surface area (Å²) in [6, 6.07) is 13.9. The zero-order valence-corrected chi connectivity index (χ0v) is 18.7. The zero-order chi connectivity index (χ0) is 22.1. The summed E-state index contributed by atoms with van der Waals surface area (Å²) in [5.41, 5.74) is 3.43. The van der Waals surface area contributed by atoms with E-state index in [4.69, 9.17) is 4.98 Å². The molecule has 8 heteroatoms. The molecule has 4 heterocycles. The van der Waals surface area contributed by atoms with Gasteiger partial charge in [0.15, 0.2) is 0 Å². The predicted molar refractivity (Wildman–Crippen MR) is 125 cm³/mol. The molecule has 5 rings (SSSR count). The number of aromatic nitrogens is 4. The SMILES string of the molecule is Cc1cc(N2CCCC2)nc(N2CCN(C(=O)c3cc(-c4ccccc4)nn3C)CC2)n1. The van der Waals surface area contributed by atoms with Crippen molar-refractivity contribution >= 4 is 17.7 Å². The van der Waals surface area contributed by atoms with Gasteiger partial charge in [-0.1, -0.05) is 30.3 Å². The van der Waals surface area contributed by atoms with Crippen molar-refractivity contribution in [1.82, 2.24) is 24.6 Å². The van der Waals surface area contributed by atoms with Crippen LogP contribution in [-0.2, 0) is 7.05 Å². The van der Waals surface area contributed by atoms with Crippen LogP contribution < -0.4 is 9.80 Å². The lowest BCUT2D eigenvalue weighted by Gasteiger charge is -2.35. The van der Waals surface area contributed by atoms with Gasteiger partial charge in [0.1, 0.15) is 11.5 Å². The second-order valence-electron chi connectivity index (χ2n) is 8.55. The van der Waals surface area contributed by atoms with Crippen LogP contribution in [0.1, 0.15) is 29.0 Å². The number of anilines is 2. The fourth-order valence-electron chi connectivity index (χ4n) is 4.48. The van der Waals surface area contributed by atoms with Gasteiger partial charge in [-0.15, -0.1) is 0 Å². The summed E-state index contributed by atoms with van der Waals surface area (Å²) in [4.78, 5) is 29.1. The van der Waals surface area contributed by atoms with Crippen LogP contribution in [0.3, 0.4) is 0 Å². The van der Waals surface area contributed by atoms with Gasteiger partial charge < -0.3 is 14.7 Å². The molecule has 3 aromatic rings. The van der Waals surface area contributed by atoms with Crippen molar-refractivity contribution in [2.24, 2.45) is 7.05 Å². The van der Waals surface area contributed by atoms with Crippen LogP contribution in [-0.4, -0.2) is 69.8 Å². The van der Waals surface area contributed by atoms with Crippen LogP contribution in [0.25, 0.3) is 11.3 Å². The highest BCUT2D eigenvalue weighted by Crippen LogP contribution is 2.23. The van der Waals surface area contributed by atoms with Gasteiger partial charge in [-0.2, -0.15) is 10.1 Å². The third-order valence-electron chi connectivity index (χ3n) is 6.28. The lowest BCUT2D eigenvalue weighted by molar-refractivity contribution is 0.0735. The molecule has 0 atom stereocenters. The smallest absolute Gasteiger partial charge is 0.272 e. The van der Waals surface area contributed by atoms with Crippen molar-refractivity contribution in [3.05, 3.63) is 53.9 Å². The Morgan fingerprint density at radius 1 is 0.875 bits per heavy atom. The fraction of sp³-hybridized carbons (Fsp3) is 0.417. The molecule has 1 aromatic carbocycles. The molecule has 1 amide bonds. The van der Waals surface area contributed by atoms with E-state index >= 15 is 0 Å². The molecule has 32 heavy (non-hydrogen) atoms. The van der Waals surface area contributed by atoms with Crippen LogP contribution in [0, 0.1) is 6.92 Å². The van der Waals surface area contributed by atoms with E-state index in [0.717, 1.165) is 54.9 Å². The van der Waals surface area contributed by atoms with Crippen molar-refractivity contribution in [2.45, 2.75) is 19.8 Å². The lowest BCUT2D eigenvalue weighted by Crippen LogP contribution is -2.49. The average molecular weight is 432 g/mol. The third kappa shape index (κ3) is 4.04. The lowest BCUT2D eigenvalue weighted by atomic mass is 10.1. The number of piperazine rings is 1. The Hall–Kier alpha value is -3.42. The Balaban J connectivity index is 1.27. The second kappa shape index (κ2) is 8.61. The number of hydrogen-bond acceptors (Lipinski definition) is 6. The van der Waals surface area contributed by atoms with Crippen molar-refractivity contribution in [1.29, 1.82) is 0 Å². The highest BCUT2D eigenvalue weighted by atomic mass is 16.2. The van der Waals surface area contributed by atoms with E-state index in [1.807, 2.05) is 55.3 Å². The first kappa shape index (κ1) is 20.5. The number of hydrogen-bond donors (Lipinski definition) is 0. The van der Waals surface area contributed by atoms with Gasteiger partial charge in [-0.05, 0) is 25.8 Å². The van der Waals surface area contributed by atoms with Gasteiger partial charge in [0.2, 0.25) is 5.95 Å². The molecule has 0 spiro atoms. The predicted octanol–water partition coefficient (Wildman–Crippen LogP) is 2.75. The summed E-state index contributed by atoms with van der Waals surface area (Å²) in [5, 5.41) is 4.55. The monoisotopic (exact) mass is 431 g/mol. The molecular weight excluding hydrogens is 402 g/mol. The summed E-state index contributed by atoms with van der Waals surface area (Å²) in [6.07, 6.45) is 2.44. The Bertz CT molecular complexity index is 1100. The molecule has 0 bridgehead atoms. The molecule has 2 aromatic heterocycles. The quantitative estimate of drug-likeness (QED) is 0.633. The number of carbonyl (C=O) groups excluding carboxylic acids is 1. The maximum absolute atomic E-state index is 13.2. The van der Waals surface area contributed by atoms with Gasteiger partial charge >= 0.3 is 0 Å². The van der Waals surface area contributed by atoms with Gasteiger partial charge in [-0.3, -0.25) is 9.48 Å². The van der Waals surface area contributed by atoms with Crippen LogP contribution in [0.2, 0.25) is 0 Å². The van der Waals surface area contributed by atoms with Crippen molar-refractivity contribution in [3.8, 4) is 11.3 Å². The van der Waals surface area contributed by atoms with E-state index in [0.29, 0.717) is 18.8 Å². The molecule has 0 saturated carbocycles. The van der Waals surface area contributed by atoms with Crippen LogP contribution in [0.4, 0.5) is 11.8 Å². The van der Waals surface area contributed by atoms with Gasteiger partial charge in [0, 0.05) is 63.6 Å². The molecule has 2 fully saturated rings. The normalized spacial score (nSPS) is 16.6.